The number of rotatable bonds is 5. The minimum absolute atomic E-state index is 0.0131. The van der Waals surface area contributed by atoms with Crippen LogP contribution in [0, 0.1) is 11.6 Å². The summed E-state index contributed by atoms with van der Waals surface area (Å²) in [6.07, 6.45) is 1.07. The maximum absolute atomic E-state index is 13.4. The van der Waals surface area contributed by atoms with Gasteiger partial charge in [-0.25, -0.2) is 13.8 Å². The van der Waals surface area contributed by atoms with E-state index in [1.165, 1.54) is 0 Å². The number of hydrogen-bond donors (Lipinski definition) is 3. The van der Waals surface area contributed by atoms with E-state index in [2.05, 4.69) is 10.3 Å². The van der Waals surface area contributed by atoms with E-state index < -0.39 is 23.6 Å². The van der Waals surface area contributed by atoms with E-state index in [4.69, 9.17) is 15.3 Å². The highest BCUT2D eigenvalue weighted by atomic mass is 19.1. The van der Waals surface area contributed by atoms with Crippen LogP contribution in [-0.4, -0.2) is 22.6 Å². The van der Waals surface area contributed by atoms with Crippen LogP contribution in [0.4, 0.5) is 8.78 Å². The number of nitrogens with one attached hydrogen (secondary N) is 1. The van der Waals surface area contributed by atoms with Crippen molar-refractivity contribution in [1.82, 2.24) is 10.3 Å². The van der Waals surface area contributed by atoms with Crippen molar-refractivity contribution >= 4 is 5.91 Å². The fraction of sp³-hybridized carbons (Fsp3) is 0.231. The Kier molecular flexibility index (Phi) is 4.61. The van der Waals surface area contributed by atoms with Gasteiger partial charge in [0, 0.05) is 12.1 Å². The second kappa shape index (κ2) is 6.42. The Balaban J connectivity index is 2.01. The van der Waals surface area contributed by atoms with Gasteiger partial charge in [-0.2, -0.15) is 0 Å². The van der Waals surface area contributed by atoms with Crippen molar-refractivity contribution in [2.24, 2.45) is 5.73 Å². The number of aromatic nitrogens is 1. The lowest BCUT2D eigenvalue weighted by molar-refractivity contribution is 0.0945. The Bertz CT molecular complexity index is 645. The smallest absolute Gasteiger partial charge is 0.273 e. The van der Waals surface area contributed by atoms with E-state index in [-0.39, 0.29) is 30.3 Å². The number of nitrogens with two attached hydrogens (primary N) is 1. The van der Waals surface area contributed by atoms with Crippen LogP contribution in [0.25, 0.3) is 0 Å². The van der Waals surface area contributed by atoms with Gasteiger partial charge in [0.15, 0.2) is 5.69 Å². The monoisotopic (exact) mass is 297 g/mol. The fourth-order valence-corrected chi connectivity index (χ4v) is 1.59. The highest BCUT2D eigenvalue weighted by molar-refractivity contribution is 5.91. The van der Waals surface area contributed by atoms with Crippen molar-refractivity contribution in [2.45, 2.75) is 12.6 Å². The second-order valence-corrected chi connectivity index (χ2v) is 4.28. The lowest BCUT2D eigenvalue weighted by Gasteiger charge is -2.05. The van der Waals surface area contributed by atoms with E-state index in [1.807, 2.05) is 0 Å². The second-order valence-electron chi connectivity index (χ2n) is 4.28. The molecule has 0 fully saturated rings. The highest BCUT2D eigenvalue weighted by Gasteiger charge is 2.16. The third-order valence-electron chi connectivity index (χ3n) is 2.72. The number of hydrogen-bond acceptors (Lipinski definition) is 5. The fourth-order valence-electron chi connectivity index (χ4n) is 1.59. The largest absolute Gasteiger partial charge is 0.446 e. The molecule has 6 nitrogen and oxygen atoms in total. The molecule has 0 aliphatic heterocycles. The Labute approximate surface area is 118 Å². The summed E-state index contributed by atoms with van der Waals surface area (Å²) in [5, 5.41) is 11.2. The lowest BCUT2D eigenvalue weighted by Crippen LogP contribution is -2.24. The Morgan fingerprint density at radius 3 is 2.95 bits per heavy atom. The van der Waals surface area contributed by atoms with Crippen LogP contribution in [-0.2, 0) is 6.54 Å². The van der Waals surface area contributed by atoms with Crippen molar-refractivity contribution in [3.63, 3.8) is 0 Å². The standard InChI is InChI=1S/C13H13F2N3O3/c14-8-1-2-9(15)7(3-8)4-17-12(20)11-6-21-13(18-11)10(16)5-19/h1-3,6,10,19H,4-5,16H2,(H,17,20). The van der Waals surface area contributed by atoms with Crippen LogP contribution < -0.4 is 11.1 Å². The molecule has 1 aromatic heterocycles. The molecule has 21 heavy (non-hydrogen) atoms. The third kappa shape index (κ3) is 3.61. The van der Waals surface area contributed by atoms with Gasteiger partial charge in [-0.3, -0.25) is 4.79 Å². The normalized spacial score (nSPS) is 12.2. The lowest BCUT2D eigenvalue weighted by atomic mass is 10.2. The molecule has 2 rings (SSSR count). The molecule has 1 amide bonds. The predicted octanol–water partition coefficient (Wildman–Crippen LogP) is 0.875. The summed E-state index contributed by atoms with van der Waals surface area (Å²) >= 11 is 0. The van der Waals surface area contributed by atoms with E-state index in [0.717, 1.165) is 24.5 Å². The number of carbonyl (C=O) groups excluding carboxylic acids is 1. The molecule has 0 radical (unpaired) electrons. The van der Waals surface area contributed by atoms with E-state index in [0.29, 0.717) is 0 Å². The van der Waals surface area contributed by atoms with Crippen LogP contribution >= 0.6 is 0 Å². The first-order chi connectivity index (χ1) is 10.0. The molecule has 1 aromatic carbocycles. The minimum Gasteiger partial charge on any atom is -0.446 e. The molecule has 4 N–H and O–H groups in total. The molecule has 112 valence electrons. The summed E-state index contributed by atoms with van der Waals surface area (Å²) in [4.78, 5) is 15.6. The Morgan fingerprint density at radius 2 is 2.24 bits per heavy atom. The number of benzene rings is 1. The molecule has 8 heteroatoms. The van der Waals surface area contributed by atoms with Crippen LogP contribution in [0.3, 0.4) is 0 Å². The molecule has 0 saturated carbocycles. The van der Waals surface area contributed by atoms with Crippen molar-refractivity contribution < 1.29 is 23.1 Å². The summed E-state index contributed by atoms with van der Waals surface area (Å²) < 4.78 is 31.3. The molecule has 0 spiro atoms. The molecule has 1 unspecified atom stereocenters. The maximum Gasteiger partial charge on any atom is 0.273 e. The van der Waals surface area contributed by atoms with E-state index >= 15 is 0 Å². The number of aliphatic hydroxyl groups excluding tert-OH is 1. The van der Waals surface area contributed by atoms with Crippen LogP contribution in [0.2, 0.25) is 0 Å². The van der Waals surface area contributed by atoms with Gasteiger partial charge in [-0.1, -0.05) is 0 Å². The quantitative estimate of drug-likeness (QED) is 0.760. The van der Waals surface area contributed by atoms with Crippen molar-refractivity contribution in [1.29, 1.82) is 0 Å². The first-order valence-electron chi connectivity index (χ1n) is 6.05. The summed E-state index contributed by atoms with van der Waals surface area (Å²) in [5.41, 5.74) is 5.43. The SMILES string of the molecule is NC(CO)c1nc(C(=O)NCc2cc(F)ccc2F)co1. The molecule has 0 bridgehead atoms. The molecule has 0 aliphatic carbocycles. The highest BCUT2D eigenvalue weighted by Crippen LogP contribution is 2.11. The zero-order valence-electron chi connectivity index (χ0n) is 10.8. The average molecular weight is 297 g/mol. The van der Waals surface area contributed by atoms with Gasteiger partial charge < -0.3 is 20.6 Å². The zero-order valence-corrected chi connectivity index (χ0v) is 10.8. The van der Waals surface area contributed by atoms with Gasteiger partial charge in [0.2, 0.25) is 5.89 Å². The maximum atomic E-state index is 13.4. The molecule has 0 aliphatic rings. The van der Waals surface area contributed by atoms with Gasteiger partial charge in [0.05, 0.1) is 6.61 Å². The van der Waals surface area contributed by atoms with E-state index in [9.17, 15) is 13.6 Å². The van der Waals surface area contributed by atoms with Crippen LogP contribution in [0.1, 0.15) is 28.0 Å². The topological polar surface area (TPSA) is 101 Å². The number of halogens is 2. The van der Waals surface area contributed by atoms with Crippen molar-refractivity contribution in [3.8, 4) is 0 Å². The summed E-state index contributed by atoms with van der Waals surface area (Å²) in [6.45, 7) is -0.577. The molecular formula is C13H13F2N3O3. The van der Waals surface area contributed by atoms with Crippen molar-refractivity contribution in [2.75, 3.05) is 6.61 Å². The molecule has 2 aromatic rings. The number of aliphatic hydroxyl groups is 1. The van der Waals surface area contributed by atoms with Gasteiger partial charge in [-0.15, -0.1) is 0 Å². The average Bonchev–Trinajstić information content (AvgIpc) is 2.97. The first-order valence-corrected chi connectivity index (χ1v) is 6.05. The first kappa shape index (κ1) is 15.1. The Morgan fingerprint density at radius 1 is 1.48 bits per heavy atom. The van der Waals surface area contributed by atoms with Gasteiger partial charge in [0.1, 0.15) is 23.9 Å². The van der Waals surface area contributed by atoms with E-state index in [1.54, 1.807) is 0 Å². The Hall–Kier alpha value is -2.32. The summed E-state index contributed by atoms with van der Waals surface area (Å²) in [5.74, 6) is -1.84. The number of carbonyl (C=O) groups is 1. The molecule has 1 heterocycles. The minimum atomic E-state index is -0.827. The van der Waals surface area contributed by atoms with Gasteiger partial charge in [0.25, 0.3) is 5.91 Å². The number of oxazole rings is 1. The number of nitrogens with zero attached hydrogens (tertiary/aromatic N) is 1. The zero-order chi connectivity index (χ0) is 15.4. The van der Waals surface area contributed by atoms with Crippen LogP contribution in [0.5, 0.6) is 0 Å². The predicted molar refractivity (Wildman–Crippen MR) is 68.0 cm³/mol. The third-order valence-corrected chi connectivity index (χ3v) is 2.72. The van der Waals surface area contributed by atoms with Gasteiger partial charge in [-0.05, 0) is 18.2 Å². The van der Waals surface area contributed by atoms with Crippen LogP contribution in [0.15, 0.2) is 28.9 Å². The molecule has 1 atom stereocenters. The number of amides is 1. The molecule has 0 saturated heterocycles. The molecular weight excluding hydrogens is 284 g/mol. The van der Waals surface area contributed by atoms with Crippen molar-refractivity contribution in [3.05, 3.63) is 53.2 Å². The summed E-state index contributed by atoms with van der Waals surface area (Å²) in [7, 11) is 0. The van der Waals surface area contributed by atoms with Gasteiger partial charge >= 0.3 is 0 Å². The summed E-state index contributed by atoms with van der Waals surface area (Å²) in [6, 6.07) is 2.13.